The van der Waals surface area contributed by atoms with Crippen LogP contribution in [0.3, 0.4) is 0 Å². The molecule has 0 saturated heterocycles. The average Bonchev–Trinajstić information content (AvgIpc) is 3.01. The Balaban J connectivity index is 2.14. The predicted octanol–water partition coefficient (Wildman–Crippen LogP) is 2.46. The molecule has 0 aliphatic heterocycles. The van der Waals surface area contributed by atoms with Gasteiger partial charge >= 0.3 is 0 Å². The highest BCUT2D eigenvalue weighted by Gasteiger charge is 2.21. The first kappa shape index (κ1) is 18.4. The Morgan fingerprint density at radius 3 is 2.65 bits per heavy atom. The van der Waals surface area contributed by atoms with E-state index in [0.29, 0.717) is 22.9 Å². The minimum absolute atomic E-state index is 0.0482. The Labute approximate surface area is 155 Å². The third-order valence-electron chi connectivity index (χ3n) is 4.01. The fourth-order valence-corrected chi connectivity index (χ4v) is 3.71. The van der Waals surface area contributed by atoms with Gasteiger partial charge in [0.1, 0.15) is 0 Å². The second-order valence-electron chi connectivity index (χ2n) is 6.52. The topological polar surface area (TPSA) is 81.3 Å². The number of carbonyl (C=O) groups excluding carboxylic acids is 1. The van der Waals surface area contributed by atoms with E-state index in [0.717, 1.165) is 11.9 Å². The molecule has 1 aromatic carbocycles. The van der Waals surface area contributed by atoms with Gasteiger partial charge in [0.05, 0.1) is 16.2 Å². The van der Waals surface area contributed by atoms with Crippen LogP contribution in [-0.2, 0) is 11.3 Å². The van der Waals surface area contributed by atoms with Crippen LogP contribution in [0.5, 0.6) is 0 Å². The highest BCUT2D eigenvalue weighted by atomic mass is 32.2. The number of amides is 1. The number of fused-ring (bicyclic) bond motifs is 3. The molecule has 1 N–H and O–H groups in total. The molecule has 8 heteroatoms. The van der Waals surface area contributed by atoms with Crippen molar-refractivity contribution in [2.75, 3.05) is 0 Å². The Hall–Kier alpha value is -2.35. The SMILES string of the molecule is CCCn1c(=O)c2ccccc2n2c(SC(C)C(=O)NC(C)C)nnc12. The lowest BCUT2D eigenvalue weighted by Gasteiger charge is -2.14. The van der Waals surface area contributed by atoms with Crippen molar-refractivity contribution in [1.82, 2.24) is 24.5 Å². The summed E-state index contributed by atoms with van der Waals surface area (Å²) in [6, 6.07) is 7.51. The number of hydrogen-bond donors (Lipinski definition) is 1. The van der Waals surface area contributed by atoms with E-state index in [-0.39, 0.29) is 22.8 Å². The van der Waals surface area contributed by atoms with E-state index in [4.69, 9.17) is 0 Å². The third kappa shape index (κ3) is 3.33. The van der Waals surface area contributed by atoms with Gasteiger partial charge in [-0.05, 0) is 39.3 Å². The van der Waals surface area contributed by atoms with Crippen LogP contribution in [0, 0.1) is 0 Å². The van der Waals surface area contributed by atoms with Crippen molar-refractivity contribution in [3.8, 4) is 0 Å². The van der Waals surface area contributed by atoms with Gasteiger partial charge in [0.15, 0.2) is 5.16 Å². The molecule has 0 aliphatic carbocycles. The number of carbonyl (C=O) groups is 1. The monoisotopic (exact) mass is 373 g/mol. The molecule has 3 aromatic rings. The van der Waals surface area contributed by atoms with Crippen molar-refractivity contribution in [1.29, 1.82) is 0 Å². The van der Waals surface area contributed by atoms with Gasteiger partial charge in [-0.15, -0.1) is 10.2 Å². The fraction of sp³-hybridized carbons (Fsp3) is 0.444. The molecular weight excluding hydrogens is 350 g/mol. The van der Waals surface area contributed by atoms with Crippen molar-refractivity contribution in [3.05, 3.63) is 34.6 Å². The number of thioether (sulfide) groups is 1. The molecule has 7 nitrogen and oxygen atoms in total. The molecule has 2 heterocycles. The maximum absolute atomic E-state index is 12.8. The molecule has 26 heavy (non-hydrogen) atoms. The standard InChI is InChI=1S/C18H23N5O2S/c1-5-10-22-16(25)13-8-6-7-9-14(13)23-17(22)20-21-18(23)26-12(4)15(24)19-11(2)3/h6-9,11-12H,5,10H2,1-4H3,(H,19,24). The molecule has 138 valence electrons. The quantitative estimate of drug-likeness (QED) is 0.671. The van der Waals surface area contributed by atoms with Gasteiger partial charge in [-0.25, -0.2) is 0 Å². The number of aryl methyl sites for hydroxylation is 1. The van der Waals surface area contributed by atoms with Crippen molar-refractivity contribution in [3.63, 3.8) is 0 Å². The maximum Gasteiger partial charge on any atom is 0.262 e. The lowest BCUT2D eigenvalue weighted by Crippen LogP contribution is -2.36. The summed E-state index contributed by atoms with van der Waals surface area (Å²) < 4.78 is 3.52. The van der Waals surface area contributed by atoms with Crippen molar-refractivity contribution in [2.45, 2.75) is 57.1 Å². The lowest BCUT2D eigenvalue weighted by atomic mass is 10.2. The predicted molar refractivity (Wildman–Crippen MR) is 104 cm³/mol. The molecule has 0 bridgehead atoms. The van der Waals surface area contributed by atoms with E-state index in [1.54, 1.807) is 4.57 Å². The summed E-state index contributed by atoms with van der Waals surface area (Å²) in [6.07, 6.45) is 0.816. The van der Waals surface area contributed by atoms with E-state index in [2.05, 4.69) is 15.5 Å². The molecule has 1 unspecified atom stereocenters. The Morgan fingerprint density at radius 1 is 1.23 bits per heavy atom. The van der Waals surface area contributed by atoms with Gasteiger partial charge in [-0.2, -0.15) is 0 Å². The lowest BCUT2D eigenvalue weighted by molar-refractivity contribution is -0.120. The molecule has 1 amide bonds. The van der Waals surface area contributed by atoms with Crippen LogP contribution in [0.2, 0.25) is 0 Å². The molecule has 3 rings (SSSR count). The zero-order valence-corrected chi connectivity index (χ0v) is 16.2. The second kappa shape index (κ2) is 7.49. The number of para-hydroxylation sites is 1. The van der Waals surface area contributed by atoms with Crippen LogP contribution in [-0.4, -0.2) is 36.4 Å². The van der Waals surface area contributed by atoms with Gasteiger partial charge in [0, 0.05) is 12.6 Å². The molecule has 0 spiro atoms. The largest absolute Gasteiger partial charge is 0.353 e. The smallest absolute Gasteiger partial charge is 0.262 e. The van der Waals surface area contributed by atoms with E-state index in [9.17, 15) is 9.59 Å². The van der Waals surface area contributed by atoms with Gasteiger partial charge in [-0.3, -0.25) is 18.6 Å². The molecule has 1 atom stereocenters. The summed E-state index contributed by atoms with van der Waals surface area (Å²) in [6.45, 7) is 8.28. The number of rotatable bonds is 6. The summed E-state index contributed by atoms with van der Waals surface area (Å²) in [7, 11) is 0. The van der Waals surface area contributed by atoms with Crippen molar-refractivity contribution in [2.24, 2.45) is 0 Å². The third-order valence-corrected chi connectivity index (χ3v) is 5.05. The van der Waals surface area contributed by atoms with Gasteiger partial charge in [-0.1, -0.05) is 30.8 Å². The number of hydrogen-bond acceptors (Lipinski definition) is 5. The average molecular weight is 373 g/mol. The fourth-order valence-electron chi connectivity index (χ4n) is 2.85. The molecule has 2 aromatic heterocycles. The number of nitrogens with zero attached hydrogens (tertiary/aromatic N) is 4. The van der Waals surface area contributed by atoms with Gasteiger partial charge in [0.25, 0.3) is 5.56 Å². The Kier molecular flexibility index (Phi) is 5.31. The number of aromatic nitrogens is 4. The highest BCUT2D eigenvalue weighted by molar-refractivity contribution is 8.00. The zero-order valence-electron chi connectivity index (χ0n) is 15.4. The van der Waals surface area contributed by atoms with Crippen LogP contribution < -0.4 is 10.9 Å². The Bertz CT molecular complexity index is 1010. The van der Waals surface area contributed by atoms with Crippen LogP contribution >= 0.6 is 11.8 Å². The van der Waals surface area contributed by atoms with E-state index < -0.39 is 0 Å². The first-order chi connectivity index (χ1) is 12.4. The van der Waals surface area contributed by atoms with E-state index >= 15 is 0 Å². The van der Waals surface area contributed by atoms with Crippen LogP contribution in [0.15, 0.2) is 34.2 Å². The summed E-state index contributed by atoms with van der Waals surface area (Å²) in [5.41, 5.74) is 0.688. The van der Waals surface area contributed by atoms with Crippen molar-refractivity contribution >= 4 is 34.3 Å². The summed E-state index contributed by atoms with van der Waals surface area (Å²) >= 11 is 1.34. The number of nitrogens with one attached hydrogen (secondary N) is 1. The Morgan fingerprint density at radius 2 is 1.96 bits per heavy atom. The molecule has 0 radical (unpaired) electrons. The number of benzene rings is 1. The summed E-state index contributed by atoms with van der Waals surface area (Å²) in [4.78, 5) is 25.1. The van der Waals surface area contributed by atoms with E-state index in [1.807, 2.05) is 56.4 Å². The maximum atomic E-state index is 12.8. The molecule has 0 fully saturated rings. The second-order valence-corrected chi connectivity index (χ2v) is 7.82. The minimum atomic E-state index is -0.324. The summed E-state index contributed by atoms with van der Waals surface area (Å²) in [5, 5.41) is 12.3. The normalized spacial score (nSPS) is 12.8. The first-order valence-electron chi connectivity index (χ1n) is 8.77. The van der Waals surface area contributed by atoms with Crippen LogP contribution in [0.4, 0.5) is 0 Å². The van der Waals surface area contributed by atoms with Crippen LogP contribution in [0.1, 0.15) is 34.1 Å². The van der Waals surface area contributed by atoms with Crippen LogP contribution in [0.25, 0.3) is 16.7 Å². The van der Waals surface area contributed by atoms with Crippen molar-refractivity contribution < 1.29 is 4.79 Å². The van der Waals surface area contributed by atoms with E-state index in [1.165, 1.54) is 11.8 Å². The highest BCUT2D eigenvalue weighted by Crippen LogP contribution is 2.25. The zero-order chi connectivity index (χ0) is 18.8. The first-order valence-corrected chi connectivity index (χ1v) is 9.65. The van der Waals surface area contributed by atoms with Gasteiger partial charge < -0.3 is 5.32 Å². The van der Waals surface area contributed by atoms with Gasteiger partial charge in [0.2, 0.25) is 11.7 Å². The minimum Gasteiger partial charge on any atom is -0.353 e. The molecule has 0 saturated carbocycles. The molecule has 0 aliphatic rings. The summed E-state index contributed by atoms with van der Waals surface area (Å²) in [5.74, 6) is 0.461. The molecular formula is C18H23N5O2S.